The van der Waals surface area contributed by atoms with Gasteiger partial charge < -0.3 is 9.47 Å². The molecule has 1 aromatic carbocycles. The smallest absolute Gasteiger partial charge is 0.236 e. The van der Waals surface area contributed by atoms with Crippen molar-refractivity contribution >= 4 is 39.8 Å². The van der Waals surface area contributed by atoms with E-state index < -0.39 is 0 Å². The Morgan fingerprint density at radius 1 is 1.19 bits per heavy atom. The van der Waals surface area contributed by atoms with E-state index in [2.05, 4.69) is 56.6 Å². The first-order valence-electron chi connectivity index (χ1n) is 8.56. The molecule has 10 heteroatoms. The van der Waals surface area contributed by atoms with Crippen LogP contribution < -0.4 is 10.2 Å². The maximum absolute atomic E-state index is 12.0. The van der Waals surface area contributed by atoms with Gasteiger partial charge in [0, 0.05) is 31.4 Å². The van der Waals surface area contributed by atoms with Gasteiger partial charge in [-0.2, -0.15) is 0 Å². The highest BCUT2D eigenvalue weighted by Crippen LogP contribution is 2.25. The predicted octanol–water partition coefficient (Wildman–Crippen LogP) is 2.91. The van der Waals surface area contributed by atoms with Crippen LogP contribution in [0.1, 0.15) is 13.8 Å². The van der Waals surface area contributed by atoms with Crippen molar-refractivity contribution in [3.8, 4) is 11.4 Å². The highest BCUT2D eigenvalue weighted by molar-refractivity contribution is 7.99. The number of hydrogen-bond donors (Lipinski definition) is 1. The maximum atomic E-state index is 12.0. The van der Waals surface area contributed by atoms with Crippen LogP contribution in [0.2, 0.25) is 0 Å². The number of anilines is 2. The average Bonchev–Trinajstić information content (AvgIpc) is 3.31. The molecule has 142 valence electrons. The molecule has 0 fully saturated rings. The summed E-state index contributed by atoms with van der Waals surface area (Å²) >= 11 is 2.62. The summed E-state index contributed by atoms with van der Waals surface area (Å²) in [4.78, 5) is 14.3. The molecule has 0 spiro atoms. The summed E-state index contributed by atoms with van der Waals surface area (Å²) in [5, 5.41) is 19.9. The van der Waals surface area contributed by atoms with Gasteiger partial charge in [-0.05, 0) is 38.1 Å². The molecule has 0 aliphatic rings. The summed E-state index contributed by atoms with van der Waals surface area (Å²) in [6.45, 7) is 6.23. The van der Waals surface area contributed by atoms with Crippen molar-refractivity contribution in [2.75, 3.05) is 29.1 Å². The number of amides is 1. The quantitative estimate of drug-likeness (QED) is 0.579. The molecule has 8 nitrogen and oxygen atoms in total. The highest BCUT2D eigenvalue weighted by Gasteiger charge is 2.14. The largest absolute Gasteiger partial charge is 0.372 e. The van der Waals surface area contributed by atoms with E-state index >= 15 is 0 Å². The number of aromatic nitrogens is 5. The molecule has 1 N–H and O–H groups in total. The SMILES string of the molecule is CCN(CC)c1ccc(-c2nnc(SCC(=O)Nc3nncs3)n2C)cc1. The third-order valence-corrected chi connectivity index (χ3v) is 5.65. The van der Waals surface area contributed by atoms with Gasteiger partial charge in [-0.25, -0.2) is 0 Å². The Balaban J connectivity index is 1.65. The van der Waals surface area contributed by atoms with Crippen LogP contribution in [0.4, 0.5) is 10.8 Å². The summed E-state index contributed by atoms with van der Waals surface area (Å²) in [6, 6.07) is 8.29. The lowest BCUT2D eigenvalue weighted by molar-refractivity contribution is -0.113. The number of thioether (sulfide) groups is 1. The zero-order chi connectivity index (χ0) is 19.2. The maximum Gasteiger partial charge on any atom is 0.236 e. The lowest BCUT2D eigenvalue weighted by Crippen LogP contribution is -2.21. The second kappa shape index (κ2) is 8.96. The van der Waals surface area contributed by atoms with Crippen molar-refractivity contribution in [2.45, 2.75) is 19.0 Å². The first kappa shape index (κ1) is 19.3. The topological polar surface area (TPSA) is 88.8 Å². The Labute approximate surface area is 166 Å². The molecule has 0 saturated heterocycles. The number of nitrogens with one attached hydrogen (secondary N) is 1. The minimum absolute atomic E-state index is 0.148. The number of hydrogen-bond acceptors (Lipinski definition) is 8. The van der Waals surface area contributed by atoms with E-state index in [0.717, 1.165) is 24.5 Å². The van der Waals surface area contributed by atoms with Crippen LogP contribution in [0, 0.1) is 0 Å². The van der Waals surface area contributed by atoms with Gasteiger partial charge in [0.15, 0.2) is 11.0 Å². The van der Waals surface area contributed by atoms with Gasteiger partial charge in [0.1, 0.15) is 5.51 Å². The molecule has 0 unspecified atom stereocenters. The lowest BCUT2D eigenvalue weighted by Gasteiger charge is -2.21. The third kappa shape index (κ3) is 4.64. The van der Waals surface area contributed by atoms with Crippen molar-refractivity contribution in [1.29, 1.82) is 0 Å². The minimum Gasteiger partial charge on any atom is -0.372 e. The van der Waals surface area contributed by atoms with Crippen molar-refractivity contribution < 1.29 is 4.79 Å². The Bertz CT molecular complexity index is 873. The van der Waals surface area contributed by atoms with Crippen molar-refractivity contribution in [3.05, 3.63) is 29.8 Å². The zero-order valence-corrected chi connectivity index (χ0v) is 17.0. The molecule has 0 radical (unpaired) electrons. The fourth-order valence-corrected chi connectivity index (χ4v) is 3.79. The van der Waals surface area contributed by atoms with Crippen LogP contribution >= 0.6 is 23.1 Å². The van der Waals surface area contributed by atoms with Crippen LogP contribution in [0.25, 0.3) is 11.4 Å². The van der Waals surface area contributed by atoms with E-state index in [1.807, 2.05) is 23.7 Å². The van der Waals surface area contributed by atoms with Gasteiger partial charge in [-0.3, -0.25) is 10.1 Å². The second-order valence-electron chi connectivity index (χ2n) is 5.67. The van der Waals surface area contributed by atoms with E-state index in [1.54, 1.807) is 5.51 Å². The number of rotatable bonds is 8. The molecule has 0 aliphatic heterocycles. The first-order valence-corrected chi connectivity index (χ1v) is 10.4. The van der Waals surface area contributed by atoms with Gasteiger partial charge in [-0.1, -0.05) is 23.1 Å². The first-order chi connectivity index (χ1) is 13.1. The molecule has 1 amide bonds. The number of benzene rings is 1. The van der Waals surface area contributed by atoms with E-state index in [1.165, 1.54) is 28.8 Å². The van der Waals surface area contributed by atoms with Gasteiger partial charge in [0.05, 0.1) is 5.75 Å². The predicted molar refractivity (Wildman–Crippen MR) is 109 cm³/mol. The Kier molecular flexibility index (Phi) is 6.40. The molecule has 3 aromatic rings. The fraction of sp³-hybridized carbons (Fsp3) is 0.353. The lowest BCUT2D eigenvalue weighted by atomic mass is 10.2. The molecular formula is C17H21N7OS2. The average molecular weight is 404 g/mol. The highest BCUT2D eigenvalue weighted by atomic mass is 32.2. The van der Waals surface area contributed by atoms with Gasteiger partial charge in [0.2, 0.25) is 11.0 Å². The van der Waals surface area contributed by atoms with Crippen LogP contribution in [0.5, 0.6) is 0 Å². The Morgan fingerprint density at radius 3 is 2.56 bits per heavy atom. The summed E-state index contributed by atoms with van der Waals surface area (Å²) in [6.07, 6.45) is 0. The van der Waals surface area contributed by atoms with E-state index in [-0.39, 0.29) is 11.7 Å². The van der Waals surface area contributed by atoms with Crippen molar-refractivity contribution in [2.24, 2.45) is 7.05 Å². The minimum atomic E-state index is -0.148. The molecule has 0 aliphatic carbocycles. The van der Waals surface area contributed by atoms with Crippen LogP contribution in [-0.2, 0) is 11.8 Å². The van der Waals surface area contributed by atoms with Crippen LogP contribution in [0.15, 0.2) is 34.9 Å². The molecule has 2 heterocycles. The molecule has 3 rings (SSSR count). The zero-order valence-electron chi connectivity index (χ0n) is 15.4. The number of nitrogens with zero attached hydrogens (tertiary/aromatic N) is 6. The molecular weight excluding hydrogens is 382 g/mol. The Morgan fingerprint density at radius 2 is 1.93 bits per heavy atom. The fourth-order valence-electron chi connectivity index (χ4n) is 2.62. The van der Waals surface area contributed by atoms with Gasteiger partial charge in [-0.15, -0.1) is 20.4 Å². The molecule has 0 bridgehead atoms. The van der Waals surface area contributed by atoms with Crippen LogP contribution in [0.3, 0.4) is 0 Å². The van der Waals surface area contributed by atoms with Gasteiger partial charge >= 0.3 is 0 Å². The monoisotopic (exact) mass is 403 g/mol. The van der Waals surface area contributed by atoms with Gasteiger partial charge in [0.25, 0.3) is 0 Å². The summed E-state index contributed by atoms with van der Waals surface area (Å²) in [5.74, 6) is 0.852. The standard InChI is InChI=1S/C17H21N7OS2/c1-4-24(5-2)13-8-6-12(7-9-13)15-20-22-17(23(15)3)26-10-14(25)19-16-21-18-11-27-16/h6-9,11H,4-5,10H2,1-3H3,(H,19,21,25). The van der Waals surface area contributed by atoms with Crippen molar-refractivity contribution in [1.82, 2.24) is 25.0 Å². The normalized spacial score (nSPS) is 10.8. The number of carbonyl (C=O) groups excluding carboxylic acids is 1. The number of carbonyl (C=O) groups is 1. The molecule has 2 aromatic heterocycles. The third-order valence-electron chi connectivity index (χ3n) is 4.03. The second-order valence-corrected chi connectivity index (χ2v) is 7.44. The van der Waals surface area contributed by atoms with Crippen LogP contribution in [-0.4, -0.2) is 49.7 Å². The summed E-state index contributed by atoms with van der Waals surface area (Å²) < 4.78 is 1.90. The van der Waals surface area contributed by atoms with E-state index in [4.69, 9.17) is 0 Å². The molecule has 27 heavy (non-hydrogen) atoms. The molecule has 0 atom stereocenters. The molecule has 0 saturated carbocycles. The summed E-state index contributed by atoms with van der Waals surface area (Å²) in [7, 11) is 1.90. The van der Waals surface area contributed by atoms with E-state index in [9.17, 15) is 4.79 Å². The van der Waals surface area contributed by atoms with E-state index in [0.29, 0.717) is 10.3 Å². The van der Waals surface area contributed by atoms with Crippen molar-refractivity contribution in [3.63, 3.8) is 0 Å². The Hall–Kier alpha value is -2.46. The summed E-state index contributed by atoms with van der Waals surface area (Å²) in [5.41, 5.74) is 3.75.